The number of aliphatic hydroxyl groups excluding tert-OH is 3. The molecule has 0 aromatic heterocycles. The molecule has 4 aromatic rings. The lowest BCUT2D eigenvalue weighted by Crippen LogP contribution is -2.59. The fraction of sp³-hybridized carbons (Fsp3) is 0.286. The summed E-state index contributed by atoms with van der Waals surface area (Å²) in [4.78, 5) is 45.7. The van der Waals surface area contributed by atoms with Gasteiger partial charge in [-0.3, -0.25) is 19.4 Å². The Labute approximate surface area is 333 Å². The number of phenolic OH excluding ortho intramolecular Hbond substituents is 1. The summed E-state index contributed by atoms with van der Waals surface area (Å²) in [5.41, 5.74) is 23.7. The Bertz CT molecular complexity index is 2270. The van der Waals surface area contributed by atoms with Crippen molar-refractivity contribution < 1.29 is 53.8 Å². The molecule has 1 fully saturated rings. The number of hydrogen-bond acceptors (Lipinski definition) is 14. The number of nitrogens with two attached hydrogens (primary N) is 4. The average molecular weight is 796 g/mol. The Kier molecular flexibility index (Phi) is 12.7. The van der Waals surface area contributed by atoms with Crippen LogP contribution in [0.4, 0.5) is 0 Å². The first kappa shape index (κ1) is 41.6. The van der Waals surface area contributed by atoms with Crippen LogP contribution in [0.5, 0.6) is 17.2 Å². The Morgan fingerprint density at radius 3 is 2.34 bits per heavy atom. The minimum atomic E-state index is -1.53. The zero-order chi connectivity index (χ0) is 41.8. The van der Waals surface area contributed by atoms with E-state index in [1.807, 2.05) is 6.07 Å². The molecular weight excluding hydrogens is 750 g/mol. The van der Waals surface area contributed by atoms with Crippen LogP contribution in [-0.2, 0) is 27.3 Å². The summed E-state index contributed by atoms with van der Waals surface area (Å²) in [6, 6.07) is 18.5. The Morgan fingerprint density at radius 2 is 1.67 bits per heavy atom. The van der Waals surface area contributed by atoms with E-state index in [2.05, 4.69) is 4.99 Å². The fourth-order valence-corrected chi connectivity index (χ4v) is 7.00. The first-order chi connectivity index (χ1) is 27.7. The zero-order valence-electron chi connectivity index (χ0n) is 31.7. The number of guanidine groups is 1. The molecule has 0 amide bonds. The van der Waals surface area contributed by atoms with Crippen molar-refractivity contribution in [2.24, 2.45) is 27.9 Å². The van der Waals surface area contributed by atoms with Gasteiger partial charge in [-0.25, -0.2) is 0 Å². The van der Waals surface area contributed by atoms with Crippen molar-refractivity contribution in [1.29, 1.82) is 0 Å². The second kappa shape index (κ2) is 17.7. The molecule has 5 atom stereocenters. The Balaban J connectivity index is 1.54. The summed E-state index contributed by atoms with van der Waals surface area (Å²) in [5, 5.41) is 44.5. The lowest BCUT2D eigenvalue weighted by molar-refractivity contribution is -0.278. The van der Waals surface area contributed by atoms with Crippen LogP contribution in [0.25, 0.3) is 12.2 Å². The minimum Gasteiger partial charge on any atom is -0.507 e. The number of esters is 1. The van der Waals surface area contributed by atoms with Crippen molar-refractivity contribution in [2.75, 3.05) is 13.2 Å². The summed E-state index contributed by atoms with van der Waals surface area (Å²) in [7, 11) is 0. The van der Waals surface area contributed by atoms with Gasteiger partial charge >= 0.3 is 5.97 Å². The van der Waals surface area contributed by atoms with Crippen molar-refractivity contribution in [1.82, 2.24) is 0 Å². The van der Waals surface area contributed by atoms with E-state index in [9.17, 15) is 34.8 Å². The molecule has 16 nitrogen and oxygen atoms in total. The van der Waals surface area contributed by atoms with E-state index in [1.165, 1.54) is 32.1 Å². The summed E-state index contributed by atoms with van der Waals surface area (Å²) >= 11 is 0. The lowest BCUT2D eigenvalue weighted by Gasteiger charge is -2.41. The largest absolute Gasteiger partial charge is 0.507 e. The van der Waals surface area contributed by atoms with Crippen LogP contribution in [0.3, 0.4) is 0 Å². The highest BCUT2D eigenvalue weighted by Gasteiger charge is 2.46. The van der Waals surface area contributed by atoms with Gasteiger partial charge in [-0.1, -0.05) is 60.7 Å². The van der Waals surface area contributed by atoms with Gasteiger partial charge in [0.25, 0.3) is 0 Å². The summed E-state index contributed by atoms with van der Waals surface area (Å²) in [6.45, 7) is 1.84. The third-order valence-electron chi connectivity index (χ3n) is 9.81. The molecule has 58 heavy (non-hydrogen) atoms. The number of nitrogens with zero attached hydrogens (tertiary/aromatic N) is 1. The van der Waals surface area contributed by atoms with Crippen molar-refractivity contribution in [3.05, 3.63) is 122 Å². The highest BCUT2D eigenvalue weighted by molar-refractivity contribution is 6.31. The number of rotatable bonds is 13. The number of ketones is 2. The van der Waals surface area contributed by atoms with Crippen molar-refractivity contribution >= 4 is 35.6 Å². The molecule has 304 valence electrons. The van der Waals surface area contributed by atoms with Crippen LogP contribution in [0.15, 0.2) is 71.7 Å². The number of fused-ring (bicyclic) bond motifs is 2. The summed E-state index contributed by atoms with van der Waals surface area (Å²) in [6.07, 6.45) is -4.40. The molecule has 16 heteroatoms. The van der Waals surface area contributed by atoms with Gasteiger partial charge in [0.1, 0.15) is 35.6 Å². The maximum absolute atomic E-state index is 14.9. The molecule has 0 saturated carbocycles. The monoisotopic (exact) mass is 795 g/mol. The minimum absolute atomic E-state index is 0.00331. The van der Waals surface area contributed by atoms with Crippen LogP contribution in [0, 0.1) is 0 Å². The Morgan fingerprint density at radius 1 is 0.931 bits per heavy atom. The second-order valence-corrected chi connectivity index (χ2v) is 13.9. The number of phenols is 1. The first-order valence-corrected chi connectivity index (χ1v) is 18.4. The number of ether oxygens (including phenoxy) is 4. The zero-order valence-corrected chi connectivity index (χ0v) is 31.7. The summed E-state index contributed by atoms with van der Waals surface area (Å²) < 4.78 is 23.8. The standard InChI is InChI=1S/C42H45N5O11/c1-20-34(50)38(54)39(55-14-13-47-42(45)46)41(56-20)58-30-18-28-33(35(51)27(30)16-23-9-6-10-24(15-23)40(43)44)37(53)31-25(19-48)17-29(57-21(2)49)26(32(31)36(28)52)12-11-22-7-4-3-5-8-22/h3-12,15,17-18,20,34,38-41,48,50-51,54H,13-14,16,19,43-44H2,1-2H3,(H4,45,46,47). The van der Waals surface area contributed by atoms with E-state index in [4.69, 9.17) is 41.9 Å². The molecule has 2 aliphatic rings. The molecule has 5 unspecified atom stereocenters. The van der Waals surface area contributed by atoms with E-state index < -0.39 is 66.8 Å². The number of carbonyl (C=O) groups excluding carboxylic acids is 3. The molecule has 0 bridgehead atoms. The quantitative estimate of drug-likeness (QED) is 0.0160. The van der Waals surface area contributed by atoms with Crippen molar-refractivity contribution in [3.63, 3.8) is 0 Å². The van der Waals surface area contributed by atoms with Gasteiger partial charge in [-0.05, 0) is 47.4 Å². The maximum Gasteiger partial charge on any atom is 0.308 e. The number of aliphatic hydroxyl groups is 3. The fourth-order valence-electron chi connectivity index (χ4n) is 7.00. The van der Waals surface area contributed by atoms with Gasteiger partial charge in [0.15, 0.2) is 17.5 Å². The van der Waals surface area contributed by atoms with E-state index in [1.54, 1.807) is 54.6 Å². The van der Waals surface area contributed by atoms with Gasteiger partial charge in [-0.2, -0.15) is 0 Å². The Hall–Kier alpha value is -5.98. The molecule has 1 aliphatic carbocycles. The van der Waals surface area contributed by atoms with E-state index in [0.717, 1.165) is 5.56 Å². The van der Waals surface area contributed by atoms with Gasteiger partial charge in [0, 0.05) is 41.2 Å². The van der Waals surface area contributed by atoms with E-state index in [-0.39, 0.29) is 76.0 Å². The van der Waals surface area contributed by atoms with Gasteiger partial charge in [0.05, 0.1) is 37.6 Å². The maximum atomic E-state index is 14.9. The number of aliphatic imine (C=N–C) groups is 1. The molecule has 0 spiro atoms. The average Bonchev–Trinajstić information content (AvgIpc) is 3.19. The van der Waals surface area contributed by atoms with Crippen LogP contribution >= 0.6 is 0 Å². The molecule has 1 saturated heterocycles. The number of hydrogen-bond donors (Lipinski definition) is 8. The van der Waals surface area contributed by atoms with E-state index >= 15 is 0 Å². The van der Waals surface area contributed by atoms with Gasteiger partial charge in [-0.15, -0.1) is 0 Å². The molecule has 1 heterocycles. The molecule has 12 N–H and O–H groups in total. The van der Waals surface area contributed by atoms with E-state index in [0.29, 0.717) is 11.1 Å². The first-order valence-electron chi connectivity index (χ1n) is 18.4. The van der Waals surface area contributed by atoms with Crippen LogP contribution in [0.1, 0.15) is 85.2 Å². The number of carbonyl (C=O) groups is 3. The summed E-state index contributed by atoms with van der Waals surface area (Å²) in [5.74, 6) is -3.28. The third-order valence-corrected chi connectivity index (χ3v) is 9.81. The van der Waals surface area contributed by atoms with Crippen LogP contribution in [-0.4, -0.2) is 87.8 Å². The smallest absolute Gasteiger partial charge is 0.308 e. The SMILES string of the molecule is CC(=O)Oc1cc(CO)c2c(c1C=Cc1ccccc1)C(=O)c1cc(OC3OC(C)C(O)C(O)C3OCCN=C(N)N)c(Cc3cccc(C(N)N)c3)c(O)c1C2=O. The highest BCUT2D eigenvalue weighted by Crippen LogP contribution is 2.45. The highest BCUT2D eigenvalue weighted by atomic mass is 16.7. The predicted octanol–water partition coefficient (Wildman–Crippen LogP) is 1.77. The number of benzene rings is 4. The molecule has 0 radical (unpaired) electrons. The molecule has 4 aromatic carbocycles. The number of aromatic hydroxyl groups is 1. The topological polar surface area (TPSA) is 285 Å². The van der Waals surface area contributed by atoms with Crippen molar-refractivity contribution in [2.45, 2.75) is 63.7 Å². The van der Waals surface area contributed by atoms with Crippen LogP contribution in [0.2, 0.25) is 0 Å². The van der Waals surface area contributed by atoms with Crippen molar-refractivity contribution in [3.8, 4) is 17.2 Å². The van der Waals surface area contributed by atoms with Gasteiger partial charge in [0.2, 0.25) is 6.29 Å². The molecule has 1 aliphatic heterocycles. The predicted molar refractivity (Wildman–Crippen MR) is 212 cm³/mol. The molecule has 6 rings (SSSR count). The second-order valence-electron chi connectivity index (χ2n) is 13.9. The lowest BCUT2D eigenvalue weighted by atomic mass is 9.77. The normalized spacial score (nSPS) is 20.2. The van der Waals surface area contributed by atoms with Gasteiger partial charge < -0.3 is 62.3 Å². The molecular formula is C42H45N5O11. The third kappa shape index (κ3) is 8.63. The van der Waals surface area contributed by atoms with Crippen LogP contribution < -0.4 is 32.4 Å².